The van der Waals surface area contributed by atoms with Gasteiger partial charge in [-0.05, 0) is 37.1 Å². The molecular weight excluding hydrogens is 226 g/mol. The van der Waals surface area contributed by atoms with Crippen molar-refractivity contribution in [1.29, 1.82) is 0 Å². The molecule has 1 fully saturated rings. The minimum absolute atomic E-state index is 0.504. The zero-order valence-corrected chi connectivity index (χ0v) is 11.3. The average Bonchev–Trinajstić information content (AvgIpc) is 2.92. The molecule has 1 aliphatic heterocycles. The van der Waals surface area contributed by atoms with E-state index in [9.17, 15) is 0 Å². The van der Waals surface area contributed by atoms with Crippen molar-refractivity contribution in [3.63, 3.8) is 0 Å². The van der Waals surface area contributed by atoms with Crippen LogP contribution < -0.4 is 10.1 Å². The standard InChI is InChI=1S/C15H23NO2/c1-3-16-15(13-7-8-18-11-13)10-12-5-4-6-14(9-12)17-2/h4-6,9,13,15-16H,3,7-8,10-11H2,1-2H3. The van der Waals surface area contributed by atoms with Gasteiger partial charge in [0.15, 0.2) is 0 Å². The van der Waals surface area contributed by atoms with E-state index in [1.165, 1.54) is 12.0 Å². The maximum absolute atomic E-state index is 5.50. The first kappa shape index (κ1) is 13.4. The molecule has 1 aromatic carbocycles. The highest BCUT2D eigenvalue weighted by Gasteiger charge is 2.25. The first-order chi connectivity index (χ1) is 8.83. The van der Waals surface area contributed by atoms with E-state index in [0.29, 0.717) is 12.0 Å². The molecule has 18 heavy (non-hydrogen) atoms. The Bertz CT molecular complexity index is 361. The summed E-state index contributed by atoms with van der Waals surface area (Å²) in [5, 5.41) is 3.59. The van der Waals surface area contributed by atoms with Crippen LogP contribution in [0, 0.1) is 5.92 Å². The van der Waals surface area contributed by atoms with Gasteiger partial charge in [-0.3, -0.25) is 0 Å². The first-order valence-corrected chi connectivity index (χ1v) is 6.77. The van der Waals surface area contributed by atoms with Gasteiger partial charge in [-0.25, -0.2) is 0 Å². The lowest BCUT2D eigenvalue weighted by molar-refractivity contribution is 0.176. The summed E-state index contributed by atoms with van der Waals surface area (Å²) in [4.78, 5) is 0. The summed E-state index contributed by atoms with van der Waals surface area (Å²) >= 11 is 0. The fourth-order valence-corrected chi connectivity index (χ4v) is 2.59. The van der Waals surface area contributed by atoms with E-state index in [1.807, 2.05) is 6.07 Å². The van der Waals surface area contributed by atoms with Crippen molar-refractivity contribution in [2.24, 2.45) is 5.92 Å². The van der Waals surface area contributed by atoms with Gasteiger partial charge in [0.1, 0.15) is 5.75 Å². The molecule has 0 aromatic heterocycles. The summed E-state index contributed by atoms with van der Waals surface area (Å²) in [5.74, 6) is 1.57. The molecule has 100 valence electrons. The minimum Gasteiger partial charge on any atom is -0.497 e. The quantitative estimate of drug-likeness (QED) is 0.839. The molecule has 3 heteroatoms. The highest BCUT2D eigenvalue weighted by Crippen LogP contribution is 2.21. The van der Waals surface area contributed by atoms with Crippen LogP contribution in [-0.4, -0.2) is 32.9 Å². The molecule has 2 rings (SSSR count). The molecule has 0 saturated carbocycles. The van der Waals surface area contributed by atoms with Gasteiger partial charge in [-0.15, -0.1) is 0 Å². The summed E-state index contributed by atoms with van der Waals surface area (Å²) in [5.41, 5.74) is 1.33. The molecule has 2 unspecified atom stereocenters. The highest BCUT2D eigenvalue weighted by molar-refractivity contribution is 5.29. The molecule has 1 heterocycles. The summed E-state index contributed by atoms with van der Waals surface area (Å²) in [7, 11) is 1.71. The number of nitrogens with one attached hydrogen (secondary N) is 1. The molecule has 1 saturated heterocycles. The van der Waals surface area contributed by atoms with Gasteiger partial charge >= 0.3 is 0 Å². The normalized spacial score (nSPS) is 20.9. The topological polar surface area (TPSA) is 30.5 Å². The van der Waals surface area contributed by atoms with Gasteiger partial charge in [-0.1, -0.05) is 19.1 Å². The maximum atomic E-state index is 5.50. The lowest BCUT2D eigenvalue weighted by Crippen LogP contribution is -2.38. The molecule has 0 spiro atoms. The Hall–Kier alpha value is -1.06. The average molecular weight is 249 g/mol. The van der Waals surface area contributed by atoms with Crippen LogP contribution in [0.3, 0.4) is 0 Å². The molecule has 1 aromatic rings. The van der Waals surface area contributed by atoms with Crippen LogP contribution in [0.15, 0.2) is 24.3 Å². The zero-order chi connectivity index (χ0) is 12.8. The van der Waals surface area contributed by atoms with E-state index in [1.54, 1.807) is 7.11 Å². The van der Waals surface area contributed by atoms with Gasteiger partial charge in [-0.2, -0.15) is 0 Å². The number of hydrogen-bond acceptors (Lipinski definition) is 3. The molecule has 1 N–H and O–H groups in total. The smallest absolute Gasteiger partial charge is 0.119 e. The Morgan fingerprint density at radius 3 is 3.06 bits per heavy atom. The number of rotatable bonds is 6. The molecule has 0 amide bonds. The van der Waals surface area contributed by atoms with E-state index in [4.69, 9.17) is 9.47 Å². The zero-order valence-electron chi connectivity index (χ0n) is 11.3. The molecule has 1 aliphatic rings. The molecular formula is C15H23NO2. The summed E-state index contributed by atoms with van der Waals surface area (Å²) in [6, 6.07) is 8.85. The van der Waals surface area contributed by atoms with Crippen molar-refractivity contribution in [1.82, 2.24) is 5.32 Å². The Labute approximate surface area is 109 Å². The Morgan fingerprint density at radius 1 is 1.50 bits per heavy atom. The number of likely N-dealkylation sites (N-methyl/N-ethyl adjacent to an activating group) is 1. The minimum atomic E-state index is 0.504. The predicted molar refractivity (Wildman–Crippen MR) is 73.1 cm³/mol. The van der Waals surface area contributed by atoms with Gasteiger partial charge in [0.2, 0.25) is 0 Å². The second kappa shape index (κ2) is 6.76. The molecule has 0 bridgehead atoms. The van der Waals surface area contributed by atoms with Crippen molar-refractivity contribution in [2.45, 2.75) is 25.8 Å². The lowest BCUT2D eigenvalue weighted by atomic mass is 9.93. The monoisotopic (exact) mass is 249 g/mol. The Kier molecular flexibility index (Phi) is 5.02. The Balaban J connectivity index is 2.02. The second-order valence-corrected chi connectivity index (χ2v) is 4.84. The SMILES string of the molecule is CCNC(Cc1cccc(OC)c1)C1CCOC1. The second-order valence-electron chi connectivity index (χ2n) is 4.84. The third-order valence-electron chi connectivity index (χ3n) is 3.59. The molecule has 0 aliphatic carbocycles. The van der Waals surface area contributed by atoms with E-state index < -0.39 is 0 Å². The van der Waals surface area contributed by atoms with Crippen LogP contribution in [-0.2, 0) is 11.2 Å². The third kappa shape index (κ3) is 3.47. The van der Waals surface area contributed by atoms with Crippen molar-refractivity contribution in [3.05, 3.63) is 29.8 Å². The lowest BCUT2D eigenvalue weighted by Gasteiger charge is -2.23. The van der Waals surface area contributed by atoms with Gasteiger partial charge in [0.25, 0.3) is 0 Å². The Morgan fingerprint density at radius 2 is 2.39 bits per heavy atom. The van der Waals surface area contributed by atoms with Crippen LogP contribution in [0.5, 0.6) is 5.75 Å². The molecule has 0 radical (unpaired) electrons. The van der Waals surface area contributed by atoms with Crippen LogP contribution >= 0.6 is 0 Å². The number of methoxy groups -OCH3 is 1. The van der Waals surface area contributed by atoms with E-state index >= 15 is 0 Å². The third-order valence-corrected chi connectivity index (χ3v) is 3.59. The predicted octanol–water partition coefficient (Wildman–Crippen LogP) is 2.25. The summed E-state index contributed by atoms with van der Waals surface area (Å²) < 4.78 is 10.8. The maximum Gasteiger partial charge on any atom is 0.119 e. The van der Waals surface area contributed by atoms with Gasteiger partial charge in [0.05, 0.1) is 13.7 Å². The van der Waals surface area contributed by atoms with Crippen molar-refractivity contribution >= 4 is 0 Å². The fourth-order valence-electron chi connectivity index (χ4n) is 2.59. The van der Waals surface area contributed by atoms with Crippen LogP contribution in [0.2, 0.25) is 0 Å². The van der Waals surface area contributed by atoms with Crippen LogP contribution in [0.4, 0.5) is 0 Å². The van der Waals surface area contributed by atoms with Crippen LogP contribution in [0.25, 0.3) is 0 Å². The van der Waals surface area contributed by atoms with Gasteiger partial charge < -0.3 is 14.8 Å². The number of hydrogen-bond donors (Lipinski definition) is 1. The van der Waals surface area contributed by atoms with Crippen LogP contribution in [0.1, 0.15) is 18.9 Å². The van der Waals surface area contributed by atoms with Crippen molar-refractivity contribution < 1.29 is 9.47 Å². The van der Waals surface area contributed by atoms with E-state index in [2.05, 4.69) is 30.4 Å². The summed E-state index contributed by atoms with van der Waals surface area (Å²) in [6.07, 6.45) is 2.21. The number of ether oxygens (including phenoxy) is 2. The molecule has 3 nitrogen and oxygen atoms in total. The van der Waals surface area contributed by atoms with Crippen molar-refractivity contribution in [3.8, 4) is 5.75 Å². The van der Waals surface area contributed by atoms with Gasteiger partial charge in [0, 0.05) is 18.6 Å². The van der Waals surface area contributed by atoms with E-state index in [-0.39, 0.29) is 0 Å². The fraction of sp³-hybridized carbons (Fsp3) is 0.600. The molecule has 2 atom stereocenters. The van der Waals surface area contributed by atoms with E-state index in [0.717, 1.165) is 31.9 Å². The number of benzene rings is 1. The summed E-state index contributed by atoms with van der Waals surface area (Å²) in [6.45, 7) is 4.96. The highest BCUT2D eigenvalue weighted by atomic mass is 16.5. The van der Waals surface area contributed by atoms with Crippen molar-refractivity contribution in [2.75, 3.05) is 26.9 Å². The largest absolute Gasteiger partial charge is 0.497 e. The first-order valence-electron chi connectivity index (χ1n) is 6.77.